The lowest BCUT2D eigenvalue weighted by Crippen LogP contribution is -2.13. The van der Waals surface area contributed by atoms with Crippen molar-refractivity contribution in [3.63, 3.8) is 0 Å². The molecule has 1 N–H and O–H groups in total. The quantitative estimate of drug-likeness (QED) is 0.570. The summed E-state index contributed by atoms with van der Waals surface area (Å²) >= 11 is 1.64. The number of rotatable bonds is 7. The summed E-state index contributed by atoms with van der Waals surface area (Å²) in [6.07, 6.45) is 0. The van der Waals surface area contributed by atoms with Crippen LogP contribution in [0.2, 0.25) is 0 Å². The zero-order chi connectivity index (χ0) is 19.1. The predicted molar refractivity (Wildman–Crippen MR) is 110 cm³/mol. The third-order valence-corrected chi connectivity index (χ3v) is 5.17. The van der Waals surface area contributed by atoms with Crippen LogP contribution in [0.15, 0.2) is 77.7 Å². The maximum absolute atomic E-state index is 12.9. The molecule has 0 spiro atoms. The van der Waals surface area contributed by atoms with E-state index in [4.69, 9.17) is 9.47 Å². The van der Waals surface area contributed by atoms with Crippen LogP contribution < -0.4 is 14.8 Å². The first-order chi connectivity index (χ1) is 13.2. The van der Waals surface area contributed by atoms with E-state index in [-0.39, 0.29) is 5.91 Å². The van der Waals surface area contributed by atoms with E-state index in [1.807, 2.05) is 42.5 Å². The normalized spacial score (nSPS) is 10.3. The van der Waals surface area contributed by atoms with Crippen LogP contribution in [0.1, 0.15) is 15.9 Å². The molecule has 0 bridgehead atoms. The van der Waals surface area contributed by atoms with Crippen LogP contribution in [0.5, 0.6) is 11.5 Å². The molecule has 3 rings (SSSR count). The number of methoxy groups -OCH3 is 2. The number of hydrogen-bond donors (Lipinski definition) is 1. The van der Waals surface area contributed by atoms with Gasteiger partial charge in [-0.3, -0.25) is 4.79 Å². The molecule has 0 aliphatic rings. The molecule has 0 aliphatic carbocycles. The molecule has 138 valence electrons. The Morgan fingerprint density at radius 1 is 0.926 bits per heavy atom. The highest BCUT2D eigenvalue weighted by molar-refractivity contribution is 7.98. The molecule has 0 saturated carbocycles. The van der Waals surface area contributed by atoms with Crippen molar-refractivity contribution in [2.75, 3.05) is 19.5 Å². The lowest BCUT2D eigenvalue weighted by atomic mass is 10.2. The van der Waals surface area contributed by atoms with Crippen molar-refractivity contribution in [2.45, 2.75) is 10.6 Å². The molecule has 0 atom stereocenters. The SMILES string of the molecule is COc1ccc(OC)c(NC(=O)c2ccccc2SCc2ccccc2)c1. The van der Waals surface area contributed by atoms with Crippen LogP contribution in [0.25, 0.3) is 0 Å². The molecule has 0 fully saturated rings. The van der Waals surface area contributed by atoms with Crippen LogP contribution >= 0.6 is 11.8 Å². The molecule has 3 aromatic rings. The van der Waals surface area contributed by atoms with E-state index in [2.05, 4.69) is 17.4 Å². The zero-order valence-electron chi connectivity index (χ0n) is 15.3. The summed E-state index contributed by atoms with van der Waals surface area (Å²) in [5.74, 6) is 1.85. The van der Waals surface area contributed by atoms with E-state index in [1.165, 1.54) is 5.56 Å². The van der Waals surface area contributed by atoms with Crippen LogP contribution in [0.4, 0.5) is 5.69 Å². The van der Waals surface area contributed by atoms with E-state index in [0.717, 1.165) is 10.6 Å². The summed E-state index contributed by atoms with van der Waals surface area (Å²) in [7, 11) is 3.16. The molecule has 0 radical (unpaired) electrons. The Balaban J connectivity index is 1.79. The number of carbonyl (C=O) groups excluding carboxylic acids is 1. The fourth-order valence-corrected chi connectivity index (χ4v) is 3.62. The third-order valence-electron chi connectivity index (χ3n) is 4.02. The number of amides is 1. The first kappa shape index (κ1) is 18.9. The van der Waals surface area contributed by atoms with Crippen molar-refractivity contribution < 1.29 is 14.3 Å². The second kappa shape index (κ2) is 9.14. The molecule has 0 aliphatic heterocycles. The Morgan fingerprint density at radius 2 is 1.67 bits per heavy atom. The summed E-state index contributed by atoms with van der Waals surface area (Å²) in [5, 5.41) is 2.93. The van der Waals surface area contributed by atoms with Crippen molar-refractivity contribution in [2.24, 2.45) is 0 Å². The number of thioether (sulfide) groups is 1. The molecule has 5 heteroatoms. The van der Waals surface area contributed by atoms with Crippen LogP contribution in [-0.2, 0) is 5.75 Å². The minimum Gasteiger partial charge on any atom is -0.497 e. The van der Waals surface area contributed by atoms with Gasteiger partial charge in [0.05, 0.1) is 25.5 Å². The molecular weight excluding hydrogens is 358 g/mol. The molecule has 1 amide bonds. The van der Waals surface area contributed by atoms with Gasteiger partial charge in [0.15, 0.2) is 0 Å². The van der Waals surface area contributed by atoms with Gasteiger partial charge in [-0.1, -0.05) is 42.5 Å². The van der Waals surface area contributed by atoms with Gasteiger partial charge >= 0.3 is 0 Å². The van der Waals surface area contributed by atoms with Gasteiger partial charge in [-0.25, -0.2) is 0 Å². The van der Waals surface area contributed by atoms with Gasteiger partial charge in [0, 0.05) is 16.7 Å². The van der Waals surface area contributed by atoms with E-state index < -0.39 is 0 Å². The van der Waals surface area contributed by atoms with Crippen molar-refractivity contribution in [3.8, 4) is 11.5 Å². The molecule has 0 heterocycles. The van der Waals surface area contributed by atoms with E-state index in [9.17, 15) is 4.79 Å². The number of nitrogens with one attached hydrogen (secondary N) is 1. The number of carbonyl (C=O) groups is 1. The summed E-state index contributed by atoms with van der Waals surface area (Å²) < 4.78 is 10.6. The highest BCUT2D eigenvalue weighted by Crippen LogP contribution is 2.31. The van der Waals surface area contributed by atoms with Gasteiger partial charge in [-0.05, 0) is 29.8 Å². The van der Waals surface area contributed by atoms with Gasteiger partial charge in [0.25, 0.3) is 5.91 Å². The molecule has 4 nitrogen and oxygen atoms in total. The average Bonchev–Trinajstić information content (AvgIpc) is 2.73. The van der Waals surface area contributed by atoms with Crippen molar-refractivity contribution in [1.82, 2.24) is 0 Å². The summed E-state index contributed by atoms with van der Waals surface area (Å²) in [6, 6.07) is 23.1. The summed E-state index contributed by atoms with van der Waals surface area (Å²) in [4.78, 5) is 13.8. The second-order valence-electron chi connectivity index (χ2n) is 5.79. The number of anilines is 1. The third kappa shape index (κ3) is 4.83. The van der Waals surface area contributed by atoms with Crippen LogP contribution in [-0.4, -0.2) is 20.1 Å². The fraction of sp³-hybridized carbons (Fsp3) is 0.136. The molecule has 0 saturated heterocycles. The average molecular weight is 379 g/mol. The molecule has 3 aromatic carbocycles. The topological polar surface area (TPSA) is 47.6 Å². The zero-order valence-corrected chi connectivity index (χ0v) is 16.1. The lowest BCUT2D eigenvalue weighted by Gasteiger charge is -2.13. The van der Waals surface area contributed by atoms with Crippen LogP contribution in [0, 0.1) is 0 Å². The number of benzene rings is 3. The first-order valence-corrected chi connectivity index (χ1v) is 9.49. The first-order valence-electron chi connectivity index (χ1n) is 8.50. The standard InChI is InChI=1S/C22H21NO3S/c1-25-17-12-13-20(26-2)19(14-17)23-22(24)18-10-6-7-11-21(18)27-15-16-8-4-3-5-9-16/h3-14H,15H2,1-2H3,(H,23,24). The maximum Gasteiger partial charge on any atom is 0.256 e. The van der Waals surface area contributed by atoms with E-state index >= 15 is 0 Å². The van der Waals surface area contributed by atoms with Crippen molar-refractivity contribution >= 4 is 23.4 Å². The Bertz CT molecular complexity index is 912. The second-order valence-corrected chi connectivity index (χ2v) is 6.81. The van der Waals surface area contributed by atoms with Gasteiger partial charge < -0.3 is 14.8 Å². The Labute approximate surface area is 163 Å². The van der Waals surface area contributed by atoms with Crippen LogP contribution in [0.3, 0.4) is 0 Å². The largest absolute Gasteiger partial charge is 0.497 e. The summed E-state index contributed by atoms with van der Waals surface area (Å²) in [6.45, 7) is 0. The Hall–Kier alpha value is -2.92. The molecule has 0 aromatic heterocycles. The summed E-state index contributed by atoms with van der Waals surface area (Å²) in [5.41, 5.74) is 2.42. The van der Waals surface area contributed by atoms with Gasteiger partial charge in [0.1, 0.15) is 11.5 Å². The molecular formula is C22H21NO3S. The highest BCUT2D eigenvalue weighted by atomic mass is 32.2. The van der Waals surface area contributed by atoms with Gasteiger partial charge in [-0.2, -0.15) is 0 Å². The van der Waals surface area contributed by atoms with Gasteiger partial charge in [0.2, 0.25) is 0 Å². The minimum absolute atomic E-state index is 0.183. The minimum atomic E-state index is -0.183. The highest BCUT2D eigenvalue weighted by Gasteiger charge is 2.14. The monoisotopic (exact) mass is 379 g/mol. The van der Waals surface area contributed by atoms with Crippen molar-refractivity contribution in [1.29, 1.82) is 0 Å². The van der Waals surface area contributed by atoms with E-state index in [0.29, 0.717) is 22.7 Å². The Morgan fingerprint density at radius 3 is 2.41 bits per heavy atom. The van der Waals surface area contributed by atoms with Crippen molar-refractivity contribution in [3.05, 3.63) is 83.9 Å². The number of hydrogen-bond acceptors (Lipinski definition) is 4. The predicted octanol–water partition coefficient (Wildman–Crippen LogP) is 5.25. The smallest absolute Gasteiger partial charge is 0.256 e. The number of ether oxygens (including phenoxy) is 2. The molecule has 27 heavy (non-hydrogen) atoms. The Kier molecular flexibility index (Phi) is 6.39. The maximum atomic E-state index is 12.9. The fourth-order valence-electron chi connectivity index (χ4n) is 2.62. The molecule has 0 unspecified atom stereocenters. The lowest BCUT2D eigenvalue weighted by molar-refractivity contribution is 0.102. The van der Waals surface area contributed by atoms with Gasteiger partial charge in [-0.15, -0.1) is 11.8 Å². The van der Waals surface area contributed by atoms with E-state index in [1.54, 1.807) is 44.2 Å².